The molecule has 0 N–H and O–H groups in total. The first-order valence-electron chi connectivity index (χ1n) is 27.8. The van der Waals surface area contributed by atoms with Gasteiger partial charge in [-0.3, -0.25) is 0 Å². The molecule has 0 aliphatic heterocycles. The van der Waals surface area contributed by atoms with Gasteiger partial charge in [-0.2, -0.15) is 0 Å². The average molecular weight is 939 g/mol. The molecule has 0 spiro atoms. The Balaban J connectivity index is 1.24. The van der Waals surface area contributed by atoms with E-state index in [1.54, 1.807) is 0 Å². The summed E-state index contributed by atoms with van der Waals surface area (Å²) in [6.45, 7) is 9.07. The van der Waals surface area contributed by atoms with Crippen LogP contribution in [0.2, 0.25) is 0 Å². The quantitative estimate of drug-likeness (QED) is 0.0406. The van der Waals surface area contributed by atoms with Crippen LogP contribution in [0, 0.1) is 47.4 Å². The van der Waals surface area contributed by atoms with Gasteiger partial charge in [0.2, 0.25) is 0 Å². The maximum Gasteiger partial charge on any atom is 0.0340 e. The molecule has 8 aromatic carbocycles. The van der Waals surface area contributed by atoms with Crippen molar-refractivity contribution in [3.05, 3.63) is 200 Å². The Bertz CT molecular complexity index is 2820. The summed E-state index contributed by atoms with van der Waals surface area (Å²) in [4.78, 5) is 0. The lowest BCUT2D eigenvalue weighted by atomic mass is 9.86. The molecule has 0 aliphatic rings. The monoisotopic (exact) mass is 939 g/mol. The molecule has 0 saturated heterocycles. The van der Waals surface area contributed by atoms with Crippen LogP contribution in [-0.4, -0.2) is 0 Å². The number of rotatable bonds is 20. The van der Waals surface area contributed by atoms with Crippen molar-refractivity contribution >= 4 is 32.3 Å². The SMILES string of the molecule is CCCCCCc1ccc(C#Cc2cc(C#Cc3ccc(CCCCCC)cc3)c3ccc4c(C#Cc5ccc(CCCCCC)cc5)cc(C#Cc5ccc(CCCCCC)cc5)c5ccc2c3c54)cc1. The zero-order valence-corrected chi connectivity index (χ0v) is 43.8. The standard InChI is InChI=1S/C72H74/c1-5-9-13-17-21-55-25-33-59(34-26-55)41-45-63-53-64(46-42-60-35-27-56(28-36-60)22-18-14-10-6-2)68-51-52-70-66(48-44-62-39-31-58(32-40-62)24-20-16-12-8-4)54-65(69-50-49-67(63)71(68)72(69)70)47-43-61-37-29-57(30-38-61)23-19-15-11-7-3/h25-40,49-54H,5-24H2,1-4H3. The van der Waals surface area contributed by atoms with Crippen LogP contribution in [0.3, 0.4) is 0 Å². The molecule has 0 bridgehead atoms. The van der Waals surface area contributed by atoms with E-state index in [-0.39, 0.29) is 0 Å². The van der Waals surface area contributed by atoms with Gasteiger partial charge in [-0.1, -0.05) is 225 Å². The van der Waals surface area contributed by atoms with Crippen molar-refractivity contribution in [2.75, 3.05) is 0 Å². The van der Waals surface area contributed by atoms with Crippen LogP contribution in [0.1, 0.15) is 197 Å². The summed E-state index contributed by atoms with van der Waals surface area (Å²) in [6, 6.07) is 49.0. The number of hydrogen-bond donors (Lipinski definition) is 0. The van der Waals surface area contributed by atoms with Crippen molar-refractivity contribution in [2.24, 2.45) is 0 Å². The third-order valence-corrected chi connectivity index (χ3v) is 14.4. The molecule has 8 aromatic rings. The third kappa shape index (κ3) is 14.1. The first kappa shape index (κ1) is 51.4. The van der Waals surface area contributed by atoms with Gasteiger partial charge in [-0.15, -0.1) is 0 Å². The Morgan fingerprint density at radius 2 is 0.458 bits per heavy atom. The maximum atomic E-state index is 3.66. The normalized spacial score (nSPS) is 10.9. The molecule has 0 aliphatic carbocycles. The van der Waals surface area contributed by atoms with Gasteiger partial charge < -0.3 is 0 Å². The van der Waals surface area contributed by atoms with Crippen LogP contribution >= 0.6 is 0 Å². The highest BCUT2D eigenvalue weighted by molar-refractivity contribution is 6.26. The number of hydrogen-bond acceptors (Lipinski definition) is 0. The predicted molar refractivity (Wildman–Crippen MR) is 311 cm³/mol. The highest BCUT2D eigenvalue weighted by Crippen LogP contribution is 2.40. The Labute approximate surface area is 433 Å². The van der Waals surface area contributed by atoms with Crippen LogP contribution in [-0.2, 0) is 25.7 Å². The van der Waals surface area contributed by atoms with Gasteiger partial charge in [0.25, 0.3) is 0 Å². The molecular weight excluding hydrogens is 865 g/mol. The van der Waals surface area contributed by atoms with Gasteiger partial charge in [0.15, 0.2) is 0 Å². The second-order valence-electron chi connectivity index (χ2n) is 20.0. The van der Waals surface area contributed by atoms with Crippen LogP contribution in [0.25, 0.3) is 32.3 Å². The smallest absolute Gasteiger partial charge is 0.0340 e. The van der Waals surface area contributed by atoms with E-state index in [1.807, 2.05) is 0 Å². The van der Waals surface area contributed by atoms with E-state index >= 15 is 0 Å². The first-order chi connectivity index (χ1) is 35.5. The van der Waals surface area contributed by atoms with Gasteiger partial charge in [0.1, 0.15) is 0 Å². The van der Waals surface area contributed by atoms with Crippen LogP contribution < -0.4 is 0 Å². The van der Waals surface area contributed by atoms with Crippen molar-refractivity contribution in [1.82, 2.24) is 0 Å². The lowest BCUT2D eigenvalue weighted by molar-refractivity contribution is 0.667. The van der Waals surface area contributed by atoms with E-state index in [1.165, 1.54) is 125 Å². The highest BCUT2D eigenvalue weighted by atomic mass is 14.2. The minimum absolute atomic E-state index is 0.973. The van der Waals surface area contributed by atoms with E-state index in [9.17, 15) is 0 Å². The lowest BCUT2D eigenvalue weighted by Crippen LogP contribution is -1.95. The first-order valence-corrected chi connectivity index (χ1v) is 27.8. The van der Waals surface area contributed by atoms with Gasteiger partial charge in [-0.05, 0) is 167 Å². The average Bonchev–Trinajstić information content (AvgIpc) is 3.42. The van der Waals surface area contributed by atoms with E-state index in [4.69, 9.17) is 0 Å². The fraction of sp³-hybridized carbons (Fsp3) is 0.333. The summed E-state index contributed by atoms with van der Waals surface area (Å²) in [7, 11) is 0. The van der Waals surface area contributed by atoms with Gasteiger partial charge in [-0.25, -0.2) is 0 Å². The zero-order chi connectivity index (χ0) is 49.7. The molecule has 0 unspecified atom stereocenters. The van der Waals surface area contributed by atoms with E-state index in [2.05, 4.69) is 209 Å². The molecule has 8 rings (SSSR count). The summed E-state index contributed by atoms with van der Waals surface area (Å²) >= 11 is 0. The van der Waals surface area contributed by atoms with Crippen LogP contribution in [0.5, 0.6) is 0 Å². The number of benzene rings is 8. The largest absolute Gasteiger partial charge is 0.0654 e. The maximum absolute atomic E-state index is 3.66. The molecular formula is C72H74. The summed E-state index contributed by atoms with van der Waals surface area (Å²) in [5.41, 5.74) is 13.5. The molecule has 0 heteroatoms. The van der Waals surface area contributed by atoms with Crippen LogP contribution in [0.4, 0.5) is 0 Å². The molecule has 0 saturated carbocycles. The lowest BCUT2D eigenvalue weighted by Gasteiger charge is -2.16. The van der Waals surface area contributed by atoms with Crippen molar-refractivity contribution in [2.45, 2.75) is 156 Å². The van der Waals surface area contributed by atoms with Crippen molar-refractivity contribution in [3.63, 3.8) is 0 Å². The molecule has 0 radical (unpaired) electrons. The zero-order valence-electron chi connectivity index (χ0n) is 43.8. The molecule has 0 fully saturated rings. The van der Waals surface area contributed by atoms with Crippen molar-refractivity contribution in [3.8, 4) is 47.4 Å². The Morgan fingerprint density at radius 1 is 0.236 bits per heavy atom. The third-order valence-electron chi connectivity index (χ3n) is 14.4. The Hall–Kier alpha value is -6.96. The van der Waals surface area contributed by atoms with Crippen LogP contribution in [0.15, 0.2) is 133 Å². The molecule has 0 heterocycles. The second-order valence-corrected chi connectivity index (χ2v) is 20.0. The summed E-state index contributed by atoms with van der Waals surface area (Å²) in [5.74, 6) is 28.9. The topological polar surface area (TPSA) is 0 Å². The van der Waals surface area contributed by atoms with Crippen molar-refractivity contribution < 1.29 is 0 Å². The molecule has 362 valence electrons. The summed E-state index contributed by atoms with van der Waals surface area (Å²) < 4.78 is 0. The van der Waals surface area contributed by atoms with E-state index in [0.29, 0.717) is 0 Å². The number of unbranched alkanes of at least 4 members (excludes halogenated alkanes) is 12. The van der Waals surface area contributed by atoms with E-state index in [0.717, 1.165) is 103 Å². The minimum Gasteiger partial charge on any atom is -0.0654 e. The molecule has 0 aromatic heterocycles. The van der Waals surface area contributed by atoms with E-state index < -0.39 is 0 Å². The predicted octanol–water partition coefficient (Wildman–Crippen LogP) is 18.7. The molecule has 0 nitrogen and oxygen atoms in total. The fourth-order valence-electron chi connectivity index (χ4n) is 10.0. The molecule has 0 atom stereocenters. The number of aryl methyl sites for hydroxylation is 4. The van der Waals surface area contributed by atoms with Gasteiger partial charge in [0.05, 0.1) is 0 Å². The molecule has 72 heavy (non-hydrogen) atoms. The van der Waals surface area contributed by atoms with Crippen molar-refractivity contribution in [1.29, 1.82) is 0 Å². The fourth-order valence-corrected chi connectivity index (χ4v) is 10.0. The van der Waals surface area contributed by atoms with Gasteiger partial charge >= 0.3 is 0 Å². The summed E-state index contributed by atoms with van der Waals surface area (Å²) in [5, 5.41) is 6.81. The second kappa shape index (κ2) is 27.0. The Morgan fingerprint density at radius 3 is 0.667 bits per heavy atom. The summed E-state index contributed by atoms with van der Waals surface area (Å²) in [6.07, 6.45) is 24.7. The molecule has 0 amide bonds. The minimum atomic E-state index is 0.973. The van der Waals surface area contributed by atoms with Gasteiger partial charge in [0, 0.05) is 44.5 Å². The highest BCUT2D eigenvalue weighted by Gasteiger charge is 2.17. The Kier molecular flexibility index (Phi) is 19.3.